The Morgan fingerprint density at radius 3 is 2.65 bits per heavy atom. The van der Waals surface area contributed by atoms with Crippen LogP contribution in [-0.2, 0) is 0 Å². The molecule has 0 radical (unpaired) electrons. The molecule has 1 saturated heterocycles. The second kappa shape index (κ2) is 6.59. The van der Waals surface area contributed by atoms with Crippen LogP contribution in [-0.4, -0.2) is 31.6 Å². The molecule has 0 bridgehead atoms. The highest BCUT2D eigenvalue weighted by molar-refractivity contribution is 5.37. The van der Waals surface area contributed by atoms with Crippen molar-refractivity contribution in [1.82, 2.24) is 4.90 Å². The third-order valence-electron chi connectivity index (χ3n) is 4.83. The number of aryl methyl sites for hydroxylation is 1. The van der Waals surface area contributed by atoms with Gasteiger partial charge in [-0.1, -0.05) is 26.0 Å². The zero-order valence-electron chi connectivity index (χ0n) is 13.2. The van der Waals surface area contributed by atoms with Crippen molar-refractivity contribution in [2.45, 2.75) is 33.2 Å². The smallest absolute Gasteiger partial charge is 0.121 e. The van der Waals surface area contributed by atoms with E-state index in [9.17, 15) is 0 Å². The van der Waals surface area contributed by atoms with Crippen molar-refractivity contribution in [2.24, 2.45) is 17.6 Å². The van der Waals surface area contributed by atoms with Crippen LogP contribution < -0.4 is 10.5 Å². The quantitative estimate of drug-likeness (QED) is 0.919. The highest BCUT2D eigenvalue weighted by Gasteiger charge is 2.28. The first-order valence-electron chi connectivity index (χ1n) is 7.65. The maximum atomic E-state index is 6.06. The van der Waals surface area contributed by atoms with E-state index in [1.54, 1.807) is 7.11 Å². The molecule has 0 aromatic heterocycles. The van der Waals surface area contributed by atoms with Crippen LogP contribution in [0.15, 0.2) is 18.2 Å². The third kappa shape index (κ3) is 3.15. The van der Waals surface area contributed by atoms with E-state index in [0.717, 1.165) is 30.7 Å². The van der Waals surface area contributed by atoms with E-state index in [1.165, 1.54) is 17.5 Å². The lowest BCUT2D eigenvalue weighted by Crippen LogP contribution is -2.43. The van der Waals surface area contributed by atoms with Crippen LogP contribution in [0.25, 0.3) is 0 Å². The topological polar surface area (TPSA) is 38.5 Å². The molecule has 3 nitrogen and oxygen atoms in total. The molecule has 1 aliphatic rings. The molecule has 1 aromatic rings. The Bertz CT molecular complexity index is 447. The number of ether oxygens (including phenoxy) is 1. The molecule has 2 N–H and O–H groups in total. The van der Waals surface area contributed by atoms with Gasteiger partial charge in [0.2, 0.25) is 0 Å². The largest absolute Gasteiger partial charge is 0.496 e. The monoisotopic (exact) mass is 276 g/mol. The summed E-state index contributed by atoms with van der Waals surface area (Å²) in [7, 11) is 1.72. The number of hydrogen-bond acceptors (Lipinski definition) is 3. The van der Waals surface area contributed by atoms with Gasteiger partial charge < -0.3 is 10.5 Å². The molecule has 0 aliphatic carbocycles. The van der Waals surface area contributed by atoms with Crippen molar-refractivity contribution in [3.8, 4) is 5.75 Å². The van der Waals surface area contributed by atoms with Crippen molar-refractivity contribution in [2.75, 3.05) is 26.7 Å². The maximum absolute atomic E-state index is 6.06. The van der Waals surface area contributed by atoms with Gasteiger partial charge in [-0.15, -0.1) is 0 Å². The van der Waals surface area contributed by atoms with E-state index >= 15 is 0 Å². The summed E-state index contributed by atoms with van der Waals surface area (Å²) in [4.78, 5) is 2.55. The van der Waals surface area contributed by atoms with E-state index in [-0.39, 0.29) is 0 Å². The van der Waals surface area contributed by atoms with Gasteiger partial charge in [-0.3, -0.25) is 4.90 Å². The van der Waals surface area contributed by atoms with Crippen LogP contribution in [0.2, 0.25) is 0 Å². The Morgan fingerprint density at radius 1 is 1.35 bits per heavy atom. The van der Waals surface area contributed by atoms with Crippen molar-refractivity contribution >= 4 is 0 Å². The van der Waals surface area contributed by atoms with Gasteiger partial charge in [0.05, 0.1) is 7.11 Å². The molecule has 0 saturated carbocycles. The predicted octanol–water partition coefficient (Wildman–Crippen LogP) is 2.98. The number of methoxy groups -OCH3 is 1. The van der Waals surface area contributed by atoms with Crippen molar-refractivity contribution < 1.29 is 4.74 Å². The minimum Gasteiger partial charge on any atom is -0.496 e. The molecule has 2 rings (SSSR count). The zero-order chi connectivity index (χ0) is 14.7. The van der Waals surface area contributed by atoms with Gasteiger partial charge in [-0.05, 0) is 48.9 Å². The summed E-state index contributed by atoms with van der Waals surface area (Å²) in [6, 6.07) is 6.77. The summed E-state index contributed by atoms with van der Waals surface area (Å²) in [5.74, 6) is 2.52. The van der Waals surface area contributed by atoms with Crippen LogP contribution in [0.5, 0.6) is 5.75 Å². The van der Waals surface area contributed by atoms with Gasteiger partial charge in [-0.2, -0.15) is 0 Å². The molecule has 20 heavy (non-hydrogen) atoms. The predicted molar refractivity (Wildman–Crippen MR) is 84.0 cm³/mol. The number of nitrogens with two attached hydrogens (primary N) is 1. The minimum absolute atomic E-state index is 0.328. The van der Waals surface area contributed by atoms with Gasteiger partial charge in [0, 0.05) is 19.1 Å². The fraction of sp³-hybridized carbons (Fsp3) is 0.647. The first-order chi connectivity index (χ1) is 9.56. The van der Waals surface area contributed by atoms with Crippen LogP contribution in [0.4, 0.5) is 0 Å². The maximum Gasteiger partial charge on any atom is 0.121 e. The fourth-order valence-corrected chi connectivity index (χ4v) is 3.18. The van der Waals surface area contributed by atoms with Crippen molar-refractivity contribution in [3.63, 3.8) is 0 Å². The summed E-state index contributed by atoms with van der Waals surface area (Å²) >= 11 is 0. The van der Waals surface area contributed by atoms with E-state index in [0.29, 0.717) is 12.6 Å². The number of rotatable bonds is 4. The highest BCUT2D eigenvalue weighted by atomic mass is 16.5. The lowest BCUT2D eigenvalue weighted by molar-refractivity contribution is 0.0982. The molecule has 112 valence electrons. The summed E-state index contributed by atoms with van der Waals surface area (Å²) in [5, 5.41) is 0. The Kier molecular flexibility index (Phi) is 5.06. The van der Waals surface area contributed by atoms with Crippen molar-refractivity contribution in [1.29, 1.82) is 0 Å². The first kappa shape index (κ1) is 15.3. The number of piperidine rings is 1. The SMILES string of the molecule is COc1ccc(C(CN)N2CCC(C)C(C)C2)cc1C. The second-order valence-corrected chi connectivity index (χ2v) is 6.22. The number of likely N-dealkylation sites (tertiary alicyclic amines) is 1. The lowest BCUT2D eigenvalue weighted by atomic mass is 9.87. The van der Waals surface area contributed by atoms with Crippen LogP contribution in [0, 0.1) is 18.8 Å². The molecule has 3 atom stereocenters. The van der Waals surface area contributed by atoms with Crippen LogP contribution >= 0.6 is 0 Å². The number of benzene rings is 1. The molecule has 1 heterocycles. The highest BCUT2D eigenvalue weighted by Crippen LogP contribution is 2.31. The summed E-state index contributed by atoms with van der Waals surface area (Å²) in [5.41, 5.74) is 8.56. The molecule has 0 spiro atoms. The number of hydrogen-bond donors (Lipinski definition) is 1. The fourth-order valence-electron chi connectivity index (χ4n) is 3.18. The van der Waals surface area contributed by atoms with Crippen LogP contribution in [0.3, 0.4) is 0 Å². The third-order valence-corrected chi connectivity index (χ3v) is 4.83. The van der Waals surface area contributed by atoms with Crippen LogP contribution in [0.1, 0.15) is 37.4 Å². The molecular formula is C17H28N2O. The van der Waals surface area contributed by atoms with E-state index in [1.807, 2.05) is 0 Å². The normalized spacial score (nSPS) is 25.4. The molecule has 3 heteroatoms. The summed E-state index contributed by atoms with van der Waals surface area (Å²) in [6.45, 7) is 9.77. The van der Waals surface area contributed by atoms with E-state index < -0.39 is 0 Å². The lowest BCUT2D eigenvalue weighted by Gasteiger charge is -2.40. The van der Waals surface area contributed by atoms with Gasteiger partial charge in [0.1, 0.15) is 5.75 Å². The Morgan fingerprint density at radius 2 is 2.10 bits per heavy atom. The average Bonchev–Trinajstić information content (AvgIpc) is 2.44. The number of nitrogens with zero attached hydrogens (tertiary/aromatic N) is 1. The van der Waals surface area contributed by atoms with Gasteiger partial charge in [-0.25, -0.2) is 0 Å². The average molecular weight is 276 g/mol. The van der Waals surface area contributed by atoms with Gasteiger partial charge in [0.25, 0.3) is 0 Å². The van der Waals surface area contributed by atoms with Gasteiger partial charge in [0.15, 0.2) is 0 Å². The first-order valence-corrected chi connectivity index (χ1v) is 7.65. The molecular weight excluding hydrogens is 248 g/mol. The minimum atomic E-state index is 0.328. The molecule has 0 amide bonds. The summed E-state index contributed by atoms with van der Waals surface area (Å²) < 4.78 is 5.35. The van der Waals surface area contributed by atoms with E-state index in [2.05, 4.69) is 43.9 Å². The van der Waals surface area contributed by atoms with Gasteiger partial charge >= 0.3 is 0 Å². The Hall–Kier alpha value is -1.06. The standard InChI is InChI=1S/C17H28N2O/c1-12-7-8-19(11-14(12)3)16(10-18)15-5-6-17(20-4)13(2)9-15/h5-6,9,12,14,16H,7-8,10-11,18H2,1-4H3. The Labute approximate surface area is 123 Å². The molecule has 1 fully saturated rings. The Balaban J connectivity index is 2.17. The second-order valence-electron chi connectivity index (χ2n) is 6.22. The zero-order valence-corrected chi connectivity index (χ0v) is 13.2. The van der Waals surface area contributed by atoms with Crippen molar-refractivity contribution in [3.05, 3.63) is 29.3 Å². The molecule has 1 aliphatic heterocycles. The van der Waals surface area contributed by atoms with E-state index in [4.69, 9.17) is 10.5 Å². The summed E-state index contributed by atoms with van der Waals surface area (Å²) in [6.07, 6.45) is 1.27. The molecule has 1 aromatic carbocycles. The molecule has 3 unspecified atom stereocenters.